The van der Waals surface area contributed by atoms with Crippen LogP contribution in [0.25, 0.3) is 0 Å². The van der Waals surface area contributed by atoms with Crippen LogP contribution < -0.4 is 10.6 Å². The number of nitrogens with one attached hydrogen (secondary N) is 2. The lowest BCUT2D eigenvalue weighted by atomic mass is 9.82. The molecule has 1 aliphatic rings. The normalized spacial score (nSPS) is 11.9. The third kappa shape index (κ3) is 4.06. The fourth-order valence-corrected chi connectivity index (χ4v) is 4.54. The molecule has 8 heteroatoms. The highest BCUT2D eigenvalue weighted by molar-refractivity contribution is 6.36. The van der Waals surface area contributed by atoms with Gasteiger partial charge in [-0.3, -0.25) is 19.2 Å². The van der Waals surface area contributed by atoms with Crippen LogP contribution in [0.15, 0.2) is 84.9 Å². The number of rotatable bonds is 4. The third-order valence-electron chi connectivity index (χ3n) is 5.81. The lowest BCUT2D eigenvalue weighted by Crippen LogP contribution is -2.26. The van der Waals surface area contributed by atoms with E-state index in [0.717, 1.165) is 0 Å². The second-order valence-electron chi connectivity index (χ2n) is 7.98. The Morgan fingerprint density at radius 3 is 1.28 bits per heavy atom. The van der Waals surface area contributed by atoms with Crippen LogP contribution in [0, 0.1) is 0 Å². The number of anilines is 2. The molecule has 0 atom stereocenters. The number of hydrogen-bond acceptors (Lipinski definition) is 4. The maximum Gasteiger partial charge on any atom is 0.257 e. The molecule has 5 rings (SSSR count). The molecule has 0 spiro atoms. The van der Waals surface area contributed by atoms with Crippen molar-refractivity contribution in [2.45, 2.75) is 0 Å². The monoisotopic (exact) mass is 514 g/mol. The third-order valence-corrected chi connectivity index (χ3v) is 6.47. The van der Waals surface area contributed by atoms with E-state index in [0.29, 0.717) is 0 Å². The predicted octanol–water partition coefficient (Wildman–Crippen LogP) is 6.27. The molecule has 0 bridgehead atoms. The summed E-state index contributed by atoms with van der Waals surface area (Å²) >= 11 is 12.3. The van der Waals surface area contributed by atoms with Crippen LogP contribution in [0.3, 0.4) is 0 Å². The topological polar surface area (TPSA) is 92.3 Å². The van der Waals surface area contributed by atoms with Crippen molar-refractivity contribution in [2.24, 2.45) is 0 Å². The van der Waals surface area contributed by atoms with E-state index < -0.39 is 23.4 Å². The van der Waals surface area contributed by atoms with Crippen LogP contribution in [-0.2, 0) is 0 Å². The van der Waals surface area contributed by atoms with Crippen molar-refractivity contribution in [3.05, 3.63) is 128 Å². The molecule has 36 heavy (non-hydrogen) atoms. The molecular weight excluding hydrogens is 499 g/mol. The highest BCUT2D eigenvalue weighted by Gasteiger charge is 2.35. The first-order chi connectivity index (χ1) is 17.4. The van der Waals surface area contributed by atoms with Gasteiger partial charge in [0.05, 0.1) is 43.7 Å². The zero-order valence-electron chi connectivity index (χ0n) is 18.5. The number of halogens is 2. The van der Waals surface area contributed by atoms with Crippen LogP contribution in [0.1, 0.15) is 52.6 Å². The minimum absolute atomic E-state index is 0.0175. The molecule has 6 nitrogen and oxygen atoms in total. The van der Waals surface area contributed by atoms with E-state index in [4.69, 9.17) is 23.2 Å². The standard InChI is InChI=1S/C28H16Cl2N2O4/c29-19-11-5-3-9-17(19)27(35)31-21-13-14-22(32-28(36)18-10-4-6-12-20(18)30)24-23(21)25(33)15-7-1-2-8-16(15)26(24)34/h1-14H,(H,31,35)(H,32,36). The van der Waals surface area contributed by atoms with Crippen LogP contribution in [0.4, 0.5) is 11.4 Å². The van der Waals surface area contributed by atoms with Gasteiger partial charge in [-0.1, -0.05) is 71.7 Å². The Kier molecular flexibility index (Phi) is 6.14. The van der Waals surface area contributed by atoms with Crippen molar-refractivity contribution in [3.8, 4) is 0 Å². The second-order valence-corrected chi connectivity index (χ2v) is 8.80. The lowest BCUT2D eigenvalue weighted by molar-refractivity contribution is 0.0977. The van der Waals surface area contributed by atoms with Crippen LogP contribution in [-0.4, -0.2) is 23.4 Å². The molecule has 4 aromatic rings. The van der Waals surface area contributed by atoms with Crippen LogP contribution in [0.5, 0.6) is 0 Å². The van der Waals surface area contributed by atoms with Crippen molar-refractivity contribution in [1.82, 2.24) is 0 Å². The van der Waals surface area contributed by atoms with Gasteiger partial charge in [0.25, 0.3) is 11.8 Å². The Hall–Kier alpha value is -4.26. The van der Waals surface area contributed by atoms with Crippen molar-refractivity contribution < 1.29 is 19.2 Å². The van der Waals surface area contributed by atoms with E-state index in [1.165, 1.54) is 12.1 Å². The summed E-state index contributed by atoms with van der Waals surface area (Å²) in [5, 5.41) is 5.87. The predicted molar refractivity (Wildman–Crippen MR) is 139 cm³/mol. The smallest absolute Gasteiger partial charge is 0.257 e. The molecular formula is C28H16Cl2N2O4. The largest absolute Gasteiger partial charge is 0.321 e. The average molecular weight is 515 g/mol. The van der Waals surface area contributed by atoms with Crippen LogP contribution in [0.2, 0.25) is 10.0 Å². The highest BCUT2D eigenvalue weighted by atomic mass is 35.5. The number of benzene rings is 4. The van der Waals surface area contributed by atoms with Gasteiger partial charge >= 0.3 is 0 Å². The highest BCUT2D eigenvalue weighted by Crippen LogP contribution is 2.37. The molecule has 0 aliphatic heterocycles. The van der Waals surface area contributed by atoms with Gasteiger partial charge in [0, 0.05) is 11.1 Å². The molecule has 4 aromatic carbocycles. The quantitative estimate of drug-likeness (QED) is 0.295. The summed E-state index contributed by atoms with van der Waals surface area (Å²) in [6.07, 6.45) is 0. The number of carbonyl (C=O) groups excluding carboxylic acids is 4. The van der Waals surface area contributed by atoms with Gasteiger partial charge < -0.3 is 10.6 Å². The Morgan fingerprint density at radius 1 is 0.528 bits per heavy atom. The molecule has 0 fully saturated rings. The molecule has 0 radical (unpaired) electrons. The molecule has 0 saturated heterocycles. The summed E-state index contributed by atoms with van der Waals surface area (Å²) in [7, 11) is 0. The van der Waals surface area contributed by atoms with E-state index in [9.17, 15) is 19.2 Å². The van der Waals surface area contributed by atoms with Gasteiger partial charge in [0.1, 0.15) is 0 Å². The lowest BCUT2D eigenvalue weighted by Gasteiger charge is -2.23. The molecule has 0 heterocycles. The maximum atomic E-state index is 13.6. The maximum absolute atomic E-state index is 13.6. The minimum atomic E-state index is -0.547. The van der Waals surface area contributed by atoms with Gasteiger partial charge in [0.2, 0.25) is 0 Å². The van der Waals surface area contributed by atoms with E-state index in [-0.39, 0.29) is 54.8 Å². The van der Waals surface area contributed by atoms with Crippen molar-refractivity contribution >= 4 is 58.0 Å². The Bertz CT molecular complexity index is 1480. The summed E-state index contributed by atoms with van der Waals surface area (Å²) in [6.45, 7) is 0. The number of amides is 2. The number of ketones is 2. The summed E-state index contributed by atoms with van der Waals surface area (Å²) in [4.78, 5) is 53.0. The van der Waals surface area contributed by atoms with Gasteiger partial charge in [-0.25, -0.2) is 0 Å². The second kappa shape index (κ2) is 9.41. The first-order valence-electron chi connectivity index (χ1n) is 10.8. The molecule has 0 saturated carbocycles. The SMILES string of the molecule is O=C(Nc1ccc(NC(=O)c2ccccc2Cl)c2c1C(=O)c1ccccc1C2=O)c1ccccc1Cl. The summed E-state index contributed by atoms with van der Waals surface area (Å²) in [6, 6.07) is 22.3. The molecule has 0 aromatic heterocycles. The Morgan fingerprint density at radius 2 is 0.889 bits per heavy atom. The Balaban J connectivity index is 1.62. The molecule has 0 unspecified atom stereocenters. The molecule has 2 amide bonds. The minimum Gasteiger partial charge on any atom is -0.321 e. The van der Waals surface area contributed by atoms with Gasteiger partial charge in [0.15, 0.2) is 11.6 Å². The first-order valence-corrected chi connectivity index (χ1v) is 11.6. The van der Waals surface area contributed by atoms with Crippen molar-refractivity contribution in [2.75, 3.05) is 10.6 Å². The summed E-state index contributed by atoms with van der Waals surface area (Å²) in [5.41, 5.74) is 1.04. The van der Waals surface area contributed by atoms with Crippen molar-refractivity contribution in [3.63, 3.8) is 0 Å². The zero-order chi connectivity index (χ0) is 25.4. The van der Waals surface area contributed by atoms with Gasteiger partial charge in [-0.15, -0.1) is 0 Å². The van der Waals surface area contributed by atoms with Gasteiger partial charge in [-0.05, 0) is 36.4 Å². The first kappa shape index (κ1) is 23.5. The molecule has 2 N–H and O–H groups in total. The fourth-order valence-electron chi connectivity index (χ4n) is 4.10. The fraction of sp³-hybridized carbons (Fsp3) is 0. The van der Waals surface area contributed by atoms with Crippen molar-refractivity contribution in [1.29, 1.82) is 0 Å². The number of fused-ring (bicyclic) bond motifs is 2. The molecule has 176 valence electrons. The van der Waals surface area contributed by atoms with E-state index in [1.807, 2.05) is 0 Å². The van der Waals surface area contributed by atoms with E-state index in [1.54, 1.807) is 72.8 Å². The number of carbonyl (C=O) groups is 4. The zero-order valence-corrected chi connectivity index (χ0v) is 20.0. The number of hydrogen-bond donors (Lipinski definition) is 2. The average Bonchev–Trinajstić information content (AvgIpc) is 2.88. The molecule has 1 aliphatic carbocycles. The van der Waals surface area contributed by atoms with E-state index in [2.05, 4.69) is 10.6 Å². The van der Waals surface area contributed by atoms with Gasteiger partial charge in [-0.2, -0.15) is 0 Å². The van der Waals surface area contributed by atoms with E-state index >= 15 is 0 Å². The summed E-state index contributed by atoms with van der Waals surface area (Å²) < 4.78 is 0. The summed E-state index contributed by atoms with van der Waals surface area (Å²) in [5.74, 6) is -2.00. The Labute approximate surface area is 215 Å². The van der Waals surface area contributed by atoms with Crippen LogP contribution >= 0.6 is 23.2 Å².